The maximum atomic E-state index is 12.1. The predicted octanol–water partition coefficient (Wildman–Crippen LogP) is 2.50. The van der Waals surface area contributed by atoms with Crippen LogP contribution in [0.1, 0.15) is 39.0 Å². The molecule has 7 nitrogen and oxygen atoms in total. The first-order valence-electron chi connectivity index (χ1n) is 8.99. The third-order valence-electron chi connectivity index (χ3n) is 4.81. The lowest BCUT2D eigenvalue weighted by atomic mass is 9.98. The summed E-state index contributed by atoms with van der Waals surface area (Å²) in [7, 11) is 0. The molecule has 136 valence electrons. The zero-order valence-corrected chi connectivity index (χ0v) is 14.9. The Bertz CT molecular complexity index is 660. The van der Waals surface area contributed by atoms with Crippen LogP contribution in [0.15, 0.2) is 27.3 Å². The molecule has 0 aromatic carbocycles. The predicted molar refractivity (Wildman–Crippen MR) is 92.8 cm³/mol. The monoisotopic (exact) mass is 346 g/mol. The molecule has 1 N–H and O–H groups in total. The van der Waals surface area contributed by atoms with E-state index in [1.165, 1.54) is 12.8 Å². The van der Waals surface area contributed by atoms with Gasteiger partial charge >= 0.3 is 0 Å². The Balaban J connectivity index is 1.38. The topological polar surface area (TPSA) is 84.4 Å². The van der Waals surface area contributed by atoms with Gasteiger partial charge in [-0.15, -0.1) is 0 Å². The van der Waals surface area contributed by atoms with Crippen molar-refractivity contribution in [1.29, 1.82) is 0 Å². The molecule has 1 fully saturated rings. The molecule has 1 atom stereocenters. The first-order valence-corrected chi connectivity index (χ1v) is 8.99. The molecular formula is C18H26N4O3. The van der Waals surface area contributed by atoms with Crippen LogP contribution in [0, 0.1) is 5.92 Å². The van der Waals surface area contributed by atoms with Crippen LogP contribution in [-0.4, -0.2) is 46.6 Å². The normalized spacial score (nSPS) is 17.5. The highest BCUT2D eigenvalue weighted by Crippen LogP contribution is 2.18. The maximum absolute atomic E-state index is 12.1. The van der Waals surface area contributed by atoms with Crippen molar-refractivity contribution in [1.82, 2.24) is 20.4 Å². The fourth-order valence-corrected chi connectivity index (χ4v) is 3.03. The standard InChI is InChI=1S/C18H26N4O3/c1-13-7-9-22(10-8-13)14(2)12-19-16(23)5-6-17-20-18(21-25-17)15-4-3-11-24-15/h3-4,11,13-14H,5-10,12H2,1-2H3,(H,19,23). The Morgan fingerprint density at radius 1 is 1.44 bits per heavy atom. The van der Waals surface area contributed by atoms with Crippen LogP contribution in [0.3, 0.4) is 0 Å². The van der Waals surface area contributed by atoms with Crippen LogP contribution < -0.4 is 5.32 Å². The van der Waals surface area contributed by atoms with Crippen molar-refractivity contribution in [2.75, 3.05) is 19.6 Å². The van der Waals surface area contributed by atoms with Crippen molar-refractivity contribution < 1.29 is 13.7 Å². The third-order valence-corrected chi connectivity index (χ3v) is 4.81. The summed E-state index contributed by atoms with van der Waals surface area (Å²) in [6, 6.07) is 3.90. The molecule has 1 amide bonds. The minimum absolute atomic E-state index is 0.00924. The molecule has 1 aliphatic rings. The number of nitrogens with zero attached hydrogens (tertiary/aromatic N) is 3. The van der Waals surface area contributed by atoms with E-state index in [1.807, 2.05) is 0 Å². The molecule has 1 unspecified atom stereocenters. The molecule has 0 radical (unpaired) electrons. The van der Waals surface area contributed by atoms with Gasteiger partial charge in [-0.1, -0.05) is 12.1 Å². The molecule has 7 heteroatoms. The van der Waals surface area contributed by atoms with Gasteiger partial charge in [-0.2, -0.15) is 4.98 Å². The number of likely N-dealkylation sites (tertiary alicyclic amines) is 1. The van der Waals surface area contributed by atoms with E-state index in [4.69, 9.17) is 8.94 Å². The van der Waals surface area contributed by atoms with Crippen LogP contribution in [0.25, 0.3) is 11.6 Å². The van der Waals surface area contributed by atoms with Gasteiger partial charge in [-0.25, -0.2) is 0 Å². The van der Waals surface area contributed by atoms with Gasteiger partial charge in [0.2, 0.25) is 17.6 Å². The summed E-state index contributed by atoms with van der Waals surface area (Å²) in [5.41, 5.74) is 0. The van der Waals surface area contributed by atoms with Gasteiger partial charge < -0.3 is 14.3 Å². The molecule has 3 heterocycles. The molecule has 0 saturated carbocycles. The number of carbonyl (C=O) groups is 1. The second-order valence-corrected chi connectivity index (χ2v) is 6.86. The summed E-state index contributed by atoms with van der Waals surface area (Å²) < 4.78 is 10.4. The minimum atomic E-state index is 0.00924. The van der Waals surface area contributed by atoms with E-state index < -0.39 is 0 Å². The molecule has 0 aliphatic carbocycles. The molecule has 1 saturated heterocycles. The molecule has 2 aromatic heterocycles. The van der Waals surface area contributed by atoms with E-state index in [0.717, 1.165) is 19.0 Å². The number of piperidine rings is 1. The fourth-order valence-electron chi connectivity index (χ4n) is 3.03. The summed E-state index contributed by atoms with van der Waals surface area (Å²) in [4.78, 5) is 18.7. The van der Waals surface area contributed by atoms with E-state index >= 15 is 0 Å². The Morgan fingerprint density at radius 3 is 2.96 bits per heavy atom. The van der Waals surface area contributed by atoms with Crippen molar-refractivity contribution >= 4 is 5.91 Å². The quantitative estimate of drug-likeness (QED) is 0.829. The van der Waals surface area contributed by atoms with Gasteiger partial charge in [-0.05, 0) is 50.9 Å². The number of nitrogens with one attached hydrogen (secondary N) is 1. The molecule has 1 aliphatic heterocycles. The highest BCUT2D eigenvalue weighted by Gasteiger charge is 2.20. The zero-order chi connectivity index (χ0) is 17.6. The van der Waals surface area contributed by atoms with Crippen molar-refractivity contribution in [3.63, 3.8) is 0 Å². The molecule has 0 spiro atoms. The average molecular weight is 346 g/mol. The van der Waals surface area contributed by atoms with Gasteiger partial charge in [0.1, 0.15) is 0 Å². The molecule has 2 aromatic rings. The fraction of sp³-hybridized carbons (Fsp3) is 0.611. The summed E-state index contributed by atoms with van der Waals surface area (Å²) >= 11 is 0. The van der Waals surface area contributed by atoms with Gasteiger partial charge in [0.05, 0.1) is 6.26 Å². The Hall–Kier alpha value is -2.15. The number of hydrogen-bond donors (Lipinski definition) is 1. The number of carbonyl (C=O) groups excluding carboxylic acids is 1. The number of rotatable bonds is 7. The van der Waals surface area contributed by atoms with Crippen molar-refractivity contribution in [3.05, 3.63) is 24.3 Å². The van der Waals surface area contributed by atoms with Gasteiger partial charge in [0.15, 0.2) is 5.76 Å². The van der Waals surface area contributed by atoms with Gasteiger partial charge in [-0.3, -0.25) is 9.69 Å². The SMILES string of the molecule is CC1CCN(C(C)CNC(=O)CCc2nc(-c3ccco3)no2)CC1. The summed E-state index contributed by atoms with van der Waals surface area (Å²) in [6.07, 6.45) is 4.81. The Kier molecular flexibility index (Phi) is 5.86. The second-order valence-electron chi connectivity index (χ2n) is 6.86. The number of furan rings is 1. The van der Waals surface area contributed by atoms with Crippen LogP contribution in [-0.2, 0) is 11.2 Å². The minimum Gasteiger partial charge on any atom is -0.461 e. The second kappa shape index (κ2) is 8.29. The number of aromatic nitrogens is 2. The lowest BCUT2D eigenvalue weighted by Crippen LogP contribution is -2.45. The van der Waals surface area contributed by atoms with Crippen LogP contribution in [0.4, 0.5) is 0 Å². The molecule has 3 rings (SSSR count). The number of hydrogen-bond acceptors (Lipinski definition) is 6. The largest absolute Gasteiger partial charge is 0.461 e. The smallest absolute Gasteiger partial charge is 0.238 e. The Morgan fingerprint density at radius 2 is 2.24 bits per heavy atom. The number of aryl methyl sites for hydroxylation is 1. The molecule has 25 heavy (non-hydrogen) atoms. The van der Waals surface area contributed by atoms with Crippen molar-refractivity contribution in [3.8, 4) is 11.6 Å². The maximum Gasteiger partial charge on any atom is 0.238 e. The molecule has 0 bridgehead atoms. The molecular weight excluding hydrogens is 320 g/mol. The van der Waals surface area contributed by atoms with Crippen LogP contribution in [0.5, 0.6) is 0 Å². The van der Waals surface area contributed by atoms with E-state index in [1.54, 1.807) is 18.4 Å². The van der Waals surface area contributed by atoms with E-state index in [2.05, 4.69) is 34.2 Å². The van der Waals surface area contributed by atoms with Crippen LogP contribution in [0.2, 0.25) is 0 Å². The highest BCUT2D eigenvalue weighted by molar-refractivity contribution is 5.76. The summed E-state index contributed by atoms with van der Waals surface area (Å²) in [6.45, 7) is 7.39. The lowest BCUT2D eigenvalue weighted by molar-refractivity contribution is -0.121. The average Bonchev–Trinajstić information content (AvgIpc) is 3.29. The number of amides is 1. The highest BCUT2D eigenvalue weighted by atomic mass is 16.5. The van der Waals surface area contributed by atoms with E-state index in [-0.39, 0.29) is 5.91 Å². The third kappa shape index (κ3) is 4.92. The first-order chi connectivity index (χ1) is 12.1. The summed E-state index contributed by atoms with van der Waals surface area (Å²) in [5, 5.41) is 6.87. The van der Waals surface area contributed by atoms with Gasteiger partial charge in [0.25, 0.3) is 0 Å². The zero-order valence-electron chi connectivity index (χ0n) is 14.9. The van der Waals surface area contributed by atoms with E-state index in [9.17, 15) is 4.79 Å². The lowest BCUT2D eigenvalue weighted by Gasteiger charge is -2.35. The van der Waals surface area contributed by atoms with Crippen molar-refractivity contribution in [2.45, 2.75) is 45.6 Å². The first kappa shape index (κ1) is 17.7. The van der Waals surface area contributed by atoms with Gasteiger partial charge in [0, 0.05) is 25.4 Å². The van der Waals surface area contributed by atoms with Crippen LogP contribution >= 0.6 is 0 Å². The Labute approximate surface area is 147 Å². The van der Waals surface area contributed by atoms with Crippen molar-refractivity contribution in [2.24, 2.45) is 5.92 Å². The van der Waals surface area contributed by atoms with E-state index in [0.29, 0.717) is 42.9 Å². The summed E-state index contributed by atoms with van der Waals surface area (Å²) in [5.74, 6) is 2.24.